The third-order valence-corrected chi connectivity index (χ3v) is 4.34. The van der Waals surface area contributed by atoms with E-state index < -0.39 is 0 Å². The molecule has 0 radical (unpaired) electrons. The molecule has 1 aliphatic rings. The highest BCUT2D eigenvalue weighted by Gasteiger charge is 2.20. The van der Waals surface area contributed by atoms with E-state index in [-0.39, 0.29) is 5.91 Å². The Labute approximate surface area is 116 Å². The molecule has 100 valence electrons. The fourth-order valence-corrected chi connectivity index (χ4v) is 3.17. The molecule has 3 heterocycles. The summed E-state index contributed by atoms with van der Waals surface area (Å²) in [6.07, 6.45) is 2.62. The molecule has 0 spiro atoms. The quantitative estimate of drug-likeness (QED) is 0.929. The van der Waals surface area contributed by atoms with Gasteiger partial charge in [-0.05, 0) is 35.6 Å². The molecule has 19 heavy (non-hydrogen) atoms. The van der Waals surface area contributed by atoms with Crippen LogP contribution in [0.1, 0.15) is 16.2 Å². The van der Waals surface area contributed by atoms with Crippen LogP contribution in [0.5, 0.6) is 0 Å². The van der Waals surface area contributed by atoms with Gasteiger partial charge in [0.25, 0.3) is 0 Å². The minimum Gasteiger partial charge on any atom is -0.468 e. The molecular formula is C14H16N2O2S. The van der Waals surface area contributed by atoms with Crippen molar-refractivity contribution < 1.29 is 9.21 Å². The van der Waals surface area contributed by atoms with Gasteiger partial charge in [-0.15, -0.1) is 11.3 Å². The first-order chi connectivity index (χ1) is 9.33. The van der Waals surface area contributed by atoms with E-state index >= 15 is 0 Å². The highest BCUT2D eigenvalue weighted by molar-refractivity contribution is 7.10. The predicted molar refractivity (Wildman–Crippen MR) is 73.9 cm³/mol. The fourth-order valence-electron chi connectivity index (χ4n) is 2.28. The third kappa shape index (κ3) is 2.88. The van der Waals surface area contributed by atoms with Gasteiger partial charge in [0.1, 0.15) is 5.76 Å². The number of nitrogens with one attached hydrogen (secondary N) is 1. The zero-order valence-electron chi connectivity index (χ0n) is 10.6. The Morgan fingerprint density at radius 3 is 3.26 bits per heavy atom. The SMILES string of the molecule is O=C(CNCc1ccco1)N1CCc2sccc2C1. The Bertz CT molecular complexity index is 548. The van der Waals surface area contributed by atoms with Crippen LogP contribution in [-0.4, -0.2) is 23.9 Å². The molecule has 2 aromatic heterocycles. The van der Waals surface area contributed by atoms with Gasteiger partial charge in [0.15, 0.2) is 0 Å². The lowest BCUT2D eigenvalue weighted by atomic mass is 10.1. The third-order valence-electron chi connectivity index (χ3n) is 3.32. The van der Waals surface area contributed by atoms with Crippen molar-refractivity contribution in [2.24, 2.45) is 0 Å². The van der Waals surface area contributed by atoms with Gasteiger partial charge in [0.05, 0.1) is 19.4 Å². The summed E-state index contributed by atoms with van der Waals surface area (Å²) in [4.78, 5) is 15.4. The Kier molecular flexibility index (Phi) is 3.66. The van der Waals surface area contributed by atoms with E-state index in [4.69, 9.17) is 4.42 Å². The first-order valence-electron chi connectivity index (χ1n) is 6.39. The van der Waals surface area contributed by atoms with Crippen molar-refractivity contribution in [3.05, 3.63) is 46.0 Å². The van der Waals surface area contributed by atoms with Crippen molar-refractivity contribution in [2.75, 3.05) is 13.1 Å². The predicted octanol–water partition coefficient (Wildman–Crippen LogP) is 2.02. The molecule has 1 amide bonds. The van der Waals surface area contributed by atoms with E-state index in [0.29, 0.717) is 13.1 Å². The van der Waals surface area contributed by atoms with Crippen LogP contribution in [0.3, 0.4) is 0 Å². The van der Waals surface area contributed by atoms with Gasteiger partial charge in [-0.1, -0.05) is 0 Å². The summed E-state index contributed by atoms with van der Waals surface area (Å²) in [5, 5.41) is 5.23. The topological polar surface area (TPSA) is 45.5 Å². The van der Waals surface area contributed by atoms with Crippen molar-refractivity contribution in [2.45, 2.75) is 19.5 Å². The van der Waals surface area contributed by atoms with Gasteiger partial charge in [-0.25, -0.2) is 0 Å². The largest absolute Gasteiger partial charge is 0.468 e. The van der Waals surface area contributed by atoms with Gasteiger partial charge in [0, 0.05) is 18.0 Å². The van der Waals surface area contributed by atoms with Crippen molar-refractivity contribution in [1.82, 2.24) is 10.2 Å². The average Bonchev–Trinajstić information content (AvgIpc) is 3.08. The summed E-state index contributed by atoms with van der Waals surface area (Å²) >= 11 is 1.79. The van der Waals surface area contributed by atoms with E-state index in [1.165, 1.54) is 10.4 Å². The molecule has 0 saturated heterocycles. The number of hydrogen-bond donors (Lipinski definition) is 1. The zero-order valence-corrected chi connectivity index (χ0v) is 11.4. The van der Waals surface area contributed by atoms with Gasteiger partial charge >= 0.3 is 0 Å². The summed E-state index contributed by atoms with van der Waals surface area (Å²) < 4.78 is 5.21. The van der Waals surface area contributed by atoms with E-state index in [2.05, 4.69) is 16.8 Å². The van der Waals surface area contributed by atoms with Gasteiger partial charge in [-0.2, -0.15) is 0 Å². The monoisotopic (exact) mass is 276 g/mol. The van der Waals surface area contributed by atoms with E-state index in [1.54, 1.807) is 17.6 Å². The molecule has 0 atom stereocenters. The lowest BCUT2D eigenvalue weighted by Crippen LogP contribution is -2.40. The Morgan fingerprint density at radius 2 is 2.42 bits per heavy atom. The molecule has 0 aromatic carbocycles. The average molecular weight is 276 g/mol. The summed E-state index contributed by atoms with van der Waals surface area (Å²) in [5.41, 5.74) is 1.30. The molecule has 0 unspecified atom stereocenters. The summed E-state index contributed by atoms with van der Waals surface area (Å²) in [7, 11) is 0. The highest BCUT2D eigenvalue weighted by Crippen LogP contribution is 2.23. The lowest BCUT2D eigenvalue weighted by Gasteiger charge is -2.27. The van der Waals surface area contributed by atoms with Crippen LogP contribution >= 0.6 is 11.3 Å². The van der Waals surface area contributed by atoms with E-state index in [0.717, 1.165) is 25.3 Å². The maximum Gasteiger partial charge on any atom is 0.236 e. The minimum absolute atomic E-state index is 0.156. The number of carbonyl (C=O) groups excluding carboxylic acids is 1. The molecule has 1 aliphatic heterocycles. The van der Waals surface area contributed by atoms with Crippen LogP contribution in [0.2, 0.25) is 0 Å². The molecule has 4 nitrogen and oxygen atoms in total. The van der Waals surface area contributed by atoms with Crippen LogP contribution in [0.25, 0.3) is 0 Å². The van der Waals surface area contributed by atoms with Crippen molar-refractivity contribution in [3.8, 4) is 0 Å². The fraction of sp³-hybridized carbons (Fsp3) is 0.357. The molecule has 0 aliphatic carbocycles. The number of carbonyl (C=O) groups is 1. The molecule has 0 fully saturated rings. The van der Waals surface area contributed by atoms with Crippen LogP contribution in [0.4, 0.5) is 0 Å². The summed E-state index contributed by atoms with van der Waals surface area (Å²) in [6, 6.07) is 5.87. The molecule has 0 bridgehead atoms. The Hall–Kier alpha value is -1.59. The van der Waals surface area contributed by atoms with E-state index in [1.807, 2.05) is 17.0 Å². The lowest BCUT2D eigenvalue weighted by molar-refractivity contribution is -0.131. The second kappa shape index (κ2) is 5.59. The number of amides is 1. The Morgan fingerprint density at radius 1 is 1.47 bits per heavy atom. The van der Waals surface area contributed by atoms with Crippen molar-refractivity contribution >= 4 is 17.2 Å². The first-order valence-corrected chi connectivity index (χ1v) is 7.27. The van der Waals surface area contributed by atoms with Crippen molar-refractivity contribution in [3.63, 3.8) is 0 Å². The van der Waals surface area contributed by atoms with Crippen LogP contribution in [0, 0.1) is 0 Å². The highest BCUT2D eigenvalue weighted by atomic mass is 32.1. The number of thiophene rings is 1. The minimum atomic E-state index is 0.156. The zero-order chi connectivity index (χ0) is 13.1. The second-order valence-corrected chi connectivity index (χ2v) is 5.62. The number of rotatable bonds is 4. The van der Waals surface area contributed by atoms with Gasteiger partial charge in [-0.3, -0.25) is 4.79 Å². The molecule has 2 aromatic rings. The van der Waals surface area contributed by atoms with Gasteiger partial charge in [0.2, 0.25) is 5.91 Å². The van der Waals surface area contributed by atoms with Crippen molar-refractivity contribution in [1.29, 1.82) is 0 Å². The van der Waals surface area contributed by atoms with E-state index in [9.17, 15) is 4.79 Å². The molecule has 5 heteroatoms. The maximum absolute atomic E-state index is 12.1. The molecular weight excluding hydrogens is 260 g/mol. The van der Waals surface area contributed by atoms with Gasteiger partial charge < -0.3 is 14.6 Å². The number of fused-ring (bicyclic) bond motifs is 1. The van der Waals surface area contributed by atoms with Crippen LogP contribution in [0.15, 0.2) is 34.3 Å². The number of nitrogens with zero attached hydrogens (tertiary/aromatic N) is 1. The first kappa shape index (κ1) is 12.4. The summed E-state index contributed by atoms with van der Waals surface area (Å²) in [5.74, 6) is 1.01. The normalized spacial score (nSPS) is 14.4. The molecule has 0 saturated carbocycles. The van der Waals surface area contributed by atoms with Crippen LogP contribution < -0.4 is 5.32 Å². The Balaban J connectivity index is 1.49. The smallest absolute Gasteiger partial charge is 0.236 e. The number of furan rings is 1. The maximum atomic E-state index is 12.1. The van der Waals surface area contributed by atoms with Crippen LogP contribution in [-0.2, 0) is 24.3 Å². The number of hydrogen-bond acceptors (Lipinski definition) is 4. The standard InChI is InChI=1S/C14H16N2O2S/c17-14(9-15-8-12-2-1-6-18-12)16-5-3-13-11(10-16)4-7-19-13/h1-2,4,6-7,15H,3,5,8-10H2. The molecule has 1 N–H and O–H groups in total. The second-order valence-electron chi connectivity index (χ2n) is 4.62. The summed E-state index contributed by atoms with van der Waals surface area (Å²) in [6.45, 7) is 2.53. The molecule has 3 rings (SSSR count).